The standard InChI is InChI=1S/C11H11N3O2/c1-2-16-11(15)10-7(12)6-9-8(14-10)4-3-5-13-9/h3-6H,2,12H2,1H3. The number of ether oxygens (including phenoxy) is 1. The Bertz CT molecular complexity index is 540. The highest BCUT2D eigenvalue weighted by Crippen LogP contribution is 2.17. The van der Waals surface area contributed by atoms with E-state index in [0.29, 0.717) is 17.6 Å². The van der Waals surface area contributed by atoms with Crippen molar-refractivity contribution < 1.29 is 9.53 Å². The van der Waals surface area contributed by atoms with Crippen LogP contribution >= 0.6 is 0 Å². The predicted octanol–water partition coefficient (Wildman–Crippen LogP) is 1.39. The molecule has 0 fully saturated rings. The van der Waals surface area contributed by atoms with Gasteiger partial charge in [0.2, 0.25) is 0 Å². The van der Waals surface area contributed by atoms with Gasteiger partial charge in [-0.2, -0.15) is 0 Å². The quantitative estimate of drug-likeness (QED) is 0.769. The predicted molar refractivity (Wildman–Crippen MR) is 59.9 cm³/mol. The summed E-state index contributed by atoms with van der Waals surface area (Å²) in [6, 6.07) is 5.14. The van der Waals surface area contributed by atoms with Crippen molar-refractivity contribution in [2.24, 2.45) is 0 Å². The van der Waals surface area contributed by atoms with Gasteiger partial charge in [-0.3, -0.25) is 4.98 Å². The molecule has 0 saturated heterocycles. The zero-order valence-electron chi connectivity index (χ0n) is 8.80. The Morgan fingerprint density at radius 1 is 1.50 bits per heavy atom. The van der Waals surface area contributed by atoms with Gasteiger partial charge in [0.05, 0.1) is 23.3 Å². The molecule has 0 saturated carbocycles. The fourth-order valence-corrected chi connectivity index (χ4v) is 1.38. The van der Waals surface area contributed by atoms with E-state index in [-0.39, 0.29) is 11.4 Å². The van der Waals surface area contributed by atoms with Gasteiger partial charge in [-0.25, -0.2) is 9.78 Å². The molecule has 0 amide bonds. The average molecular weight is 217 g/mol. The van der Waals surface area contributed by atoms with Crippen molar-refractivity contribution >= 4 is 22.7 Å². The van der Waals surface area contributed by atoms with E-state index in [0.717, 1.165) is 0 Å². The summed E-state index contributed by atoms with van der Waals surface area (Å²) in [7, 11) is 0. The number of fused-ring (bicyclic) bond motifs is 1. The number of anilines is 1. The highest BCUT2D eigenvalue weighted by Gasteiger charge is 2.13. The number of rotatable bonds is 2. The molecular weight excluding hydrogens is 206 g/mol. The van der Waals surface area contributed by atoms with Crippen molar-refractivity contribution in [3.8, 4) is 0 Å². The first-order chi connectivity index (χ1) is 7.72. The second-order valence-corrected chi connectivity index (χ2v) is 3.19. The maximum absolute atomic E-state index is 11.5. The van der Waals surface area contributed by atoms with E-state index >= 15 is 0 Å². The molecule has 2 N–H and O–H groups in total. The summed E-state index contributed by atoms with van der Waals surface area (Å²) in [5, 5.41) is 0. The number of nitrogens with two attached hydrogens (primary N) is 1. The van der Waals surface area contributed by atoms with Crippen molar-refractivity contribution in [2.75, 3.05) is 12.3 Å². The van der Waals surface area contributed by atoms with Crippen LogP contribution in [0.2, 0.25) is 0 Å². The Kier molecular flexibility index (Phi) is 2.68. The molecule has 2 aromatic rings. The third-order valence-electron chi connectivity index (χ3n) is 2.08. The lowest BCUT2D eigenvalue weighted by atomic mass is 10.2. The zero-order chi connectivity index (χ0) is 11.5. The fourth-order valence-electron chi connectivity index (χ4n) is 1.38. The zero-order valence-corrected chi connectivity index (χ0v) is 8.80. The summed E-state index contributed by atoms with van der Waals surface area (Å²) in [6.45, 7) is 2.03. The Morgan fingerprint density at radius 2 is 2.31 bits per heavy atom. The van der Waals surface area contributed by atoms with Crippen molar-refractivity contribution in [3.63, 3.8) is 0 Å². The number of esters is 1. The van der Waals surface area contributed by atoms with E-state index in [1.807, 2.05) is 0 Å². The van der Waals surface area contributed by atoms with E-state index in [1.165, 1.54) is 0 Å². The third kappa shape index (κ3) is 1.79. The fraction of sp³-hybridized carbons (Fsp3) is 0.182. The highest BCUT2D eigenvalue weighted by atomic mass is 16.5. The van der Waals surface area contributed by atoms with Gasteiger partial charge in [0.25, 0.3) is 0 Å². The average Bonchev–Trinajstić information content (AvgIpc) is 2.28. The number of carbonyl (C=O) groups excluding carboxylic acids is 1. The lowest BCUT2D eigenvalue weighted by Gasteiger charge is -2.05. The molecule has 0 aliphatic rings. The minimum atomic E-state index is -0.509. The second-order valence-electron chi connectivity index (χ2n) is 3.19. The number of carbonyl (C=O) groups is 1. The maximum atomic E-state index is 11.5. The monoisotopic (exact) mass is 217 g/mol. The molecule has 0 bridgehead atoms. The van der Waals surface area contributed by atoms with Crippen LogP contribution < -0.4 is 5.73 Å². The first kappa shape index (κ1) is 10.4. The topological polar surface area (TPSA) is 78.1 Å². The number of nitrogens with zero attached hydrogens (tertiary/aromatic N) is 2. The molecule has 2 rings (SSSR count). The third-order valence-corrected chi connectivity index (χ3v) is 2.08. The van der Waals surface area contributed by atoms with Crippen LogP contribution in [0.4, 0.5) is 5.69 Å². The largest absolute Gasteiger partial charge is 0.461 e. The number of aromatic nitrogens is 2. The van der Waals surface area contributed by atoms with Gasteiger partial charge in [0.1, 0.15) is 0 Å². The van der Waals surface area contributed by atoms with Gasteiger partial charge >= 0.3 is 5.97 Å². The minimum absolute atomic E-state index is 0.141. The Labute approximate surface area is 92.3 Å². The molecule has 0 aromatic carbocycles. The SMILES string of the molecule is CCOC(=O)c1nc2cccnc2cc1N. The second kappa shape index (κ2) is 4.14. The molecule has 82 valence electrons. The van der Waals surface area contributed by atoms with Crippen LogP contribution in [0.25, 0.3) is 11.0 Å². The van der Waals surface area contributed by atoms with Gasteiger partial charge in [0.15, 0.2) is 5.69 Å². The van der Waals surface area contributed by atoms with E-state index in [4.69, 9.17) is 10.5 Å². The number of pyridine rings is 2. The van der Waals surface area contributed by atoms with Crippen molar-refractivity contribution in [1.29, 1.82) is 0 Å². The van der Waals surface area contributed by atoms with Gasteiger partial charge in [-0.05, 0) is 25.1 Å². The normalized spacial score (nSPS) is 10.3. The number of hydrogen-bond donors (Lipinski definition) is 1. The van der Waals surface area contributed by atoms with Gasteiger partial charge < -0.3 is 10.5 Å². The van der Waals surface area contributed by atoms with E-state index in [9.17, 15) is 4.79 Å². The lowest BCUT2D eigenvalue weighted by Crippen LogP contribution is -2.10. The number of hydrogen-bond acceptors (Lipinski definition) is 5. The molecule has 0 atom stereocenters. The van der Waals surface area contributed by atoms with E-state index < -0.39 is 5.97 Å². The lowest BCUT2D eigenvalue weighted by molar-refractivity contribution is 0.0521. The molecule has 0 unspecified atom stereocenters. The van der Waals surface area contributed by atoms with Crippen LogP contribution in [0.1, 0.15) is 17.4 Å². The molecule has 0 aliphatic carbocycles. The maximum Gasteiger partial charge on any atom is 0.359 e. The summed E-state index contributed by atoms with van der Waals surface area (Å²) in [5.41, 5.74) is 7.42. The molecule has 0 radical (unpaired) electrons. The Morgan fingerprint density at radius 3 is 3.06 bits per heavy atom. The van der Waals surface area contributed by atoms with Crippen LogP contribution in [0.5, 0.6) is 0 Å². The van der Waals surface area contributed by atoms with Crippen LogP contribution in [-0.4, -0.2) is 22.5 Å². The first-order valence-electron chi connectivity index (χ1n) is 4.90. The van der Waals surface area contributed by atoms with Crippen LogP contribution in [0, 0.1) is 0 Å². The Hall–Kier alpha value is -2.17. The summed E-state index contributed by atoms with van der Waals surface area (Å²) in [4.78, 5) is 19.7. The Balaban J connectivity index is 2.54. The molecule has 16 heavy (non-hydrogen) atoms. The highest BCUT2D eigenvalue weighted by molar-refractivity contribution is 5.96. The molecule has 0 spiro atoms. The van der Waals surface area contributed by atoms with Crippen molar-refractivity contribution in [2.45, 2.75) is 6.92 Å². The van der Waals surface area contributed by atoms with Crippen LogP contribution in [-0.2, 0) is 4.74 Å². The summed E-state index contributed by atoms with van der Waals surface area (Å²) in [6.07, 6.45) is 1.65. The van der Waals surface area contributed by atoms with Gasteiger partial charge in [0, 0.05) is 6.20 Å². The van der Waals surface area contributed by atoms with Crippen molar-refractivity contribution in [3.05, 3.63) is 30.1 Å². The molecule has 0 aliphatic heterocycles. The van der Waals surface area contributed by atoms with E-state index in [1.54, 1.807) is 31.3 Å². The molecule has 2 heterocycles. The van der Waals surface area contributed by atoms with Crippen LogP contribution in [0.15, 0.2) is 24.4 Å². The molecule has 2 aromatic heterocycles. The van der Waals surface area contributed by atoms with E-state index in [2.05, 4.69) is 9.97 Å². The molecule has 5 nitrogen and oxygen atoms in total. The molecular formula is C11H11N3O2. The minimum Gasteiger partial charge on any atom is -0.461 e. The van der Waals surface area contributed by atoms with Crippen LogP contribution in [0.3, 0.4) is 0 Å². The summed E-state index contributed by atoms with van der Waals surface area (Å²) >= 11 is 0. The summed E-state index contributed by atoms with van der Waals surface area (Å²) in [5.74, 6) is -0.509. The first-order valence-corrected chi connectivity index (χ1v) is 4.90. The summed E-state index contributed by atoms with van der Waals surface area (Å²) < 4.78 is 4.86. The van der Waals surface area contributed by atoms with Crippen molar-refractivity contribution in [1.82, 2.24) is 9.97 Å². The van der Waals surface area contributed by atoms with Gasteiger partial charge in [-0.1, -0.05) is 0 Å². The molecule has 5 heteroatoms. The number of nitrogen functional groups attached to an aromatic ring is 1. The smallest absolute Gasteiger partial charge is 0.359 e. The van der Waals surface area contributed by atoms with Gasteiger partial charge in [-0.15, -0.1) is 0 Å².